The van der Waals surface area contributed by atoms with E-state index < -0.39 is 21.6 Å². The van der Waals surface area contributed by atoms with E-state index in [4.69, 9.17) is 0 Å². The Bertz CT molecular complexity index is 1040. The van der Waals surface area contributed by atoms with Crippen molar-refractivity contribution in [2.45, 2.75) is 4.90 Å². The first-order valence-corrected chi connectivity index (χ1v) is 9.04. The molecule has 0 aliphatic heterocycles. The highest BCUT2D eigenvalue weighted by Crippen LogP contribution is 2.23. The normalized spacial score (nSPS) is 11.4. The third-order valence-corrected chi connectivity index (χ3v) is 4.71. The van der Waals surface area contributed by atoms with Gasteiger partial charge in [-0.15, -0.1) is 0 Å². The fourth-order valence-electron chi connectivity index (χ4n) is 2.33. The zero-order valence-corrected chi connectivity index (χ0v) is 13.9. The lowest BCUT2D eigenvalue weighted by Crippen LogP contribution is -2.07. The highest BCUT2D eigenvalue weighted by atomic mass is 32.2. The third-order valence-electron chi connectivity index (χ3n) is 3.58. The predicted octanol–water partition coefficient (Wildman–Crippen LogP) is 2.78. The monoisotopic (exact) mass is 360 g/mol. The summed E-state index contributed by atoms with van der Waals surface area (Å²) in [5.74, 6) is -1.62. The van der Waals surface area contributed by atoms with E-state index >= 15 is 0 Å². The molecule has 0 saturated carbocycles. The molecule has 0 aliphatic rings. The first-order chi connectivity index (χ1) is 11.8. The minimum absolute atomic E-state index is 0.0891. The smallest absolute Gasteiger partial charge is 0.354 e. The molecule has 128 valence electrons. The average molecular weight is 360 g/mol. The quantitative estimate of drug-likeness (QED) is 0.773. The molecule has 6 nitrogen and oxygen atoms in total. The average Bonchev–Trinajstić information content (AvgIpc) is 3.00. The van der Waals surface area contributed by atoms with Crippen molar-refractivity contribution < 1.29 is 22.7 Å². The Morgan fingerprint density at radius 3 is 2.20 bits per heavy atom. The van der Waals surface area contributed by atoms with Crippen molar-refractivity contribution in [1.82, 2.24) is 9.78 Å². The molecule has 1 aromatic heterocycles. The number of aromatic carboxylic acids is 1. The molecule has 25 heavy (non-hydrogen) atoms. The van der Waals surface area contributed by atoms with Crippen LogP contribution in [0.15, 0.2) is 59.5 Å². The molecule has 1 heterocycles. The highest BCUT2D eigenvalue weighted by molar-refractivity contribution is 7.90. The number of sulfone groups is 1. The van der Waals surface area contributed by atoms with Crippen LogP contribution in [0.5, 0.6) is 0 Å². The van der Waals surface area contributed by atoms with Crippen LogP contribution >= 0.6 is 0 Å². The van der Waals surface area contributed by atoms with E-state index in [0.717, 1.165) is 6.26 Å². The number of carboxylic acids is 1. The van der Waals surface area contributed by atoms with Crippen molar-refractivity contribution in [3.05, 3.63) is 66.1 Å². The van der Waals surface area contributed by atoms with E-state index in [1.54, 1.807) is 12.1 Å². The van der Waals surface area contributed by atoms with Crippen LogP contribution < -0.4 is 0 Å². The minimum atomic E-state index is -3.32. The lowest BCUT2D eigenvalue weighted by molar-refractivity contribution is 0.0687. The summed E-state index contributed by atoms with van der Waals surface area (Å²) in [4.78, 5) is 11.6. The zero-order chi connectivity index (χ0) is 18.2. The largest absolute Gasteiger partial charge is 0.477 e. The van der Waals surface area contributed by atoms with Gasteiger partial charge in [0.1, 0.15) is 5.82 Å². The van der Waals surface area contributed by atoms with Crippen LogP contribution in [-0.2, 0) is 9.84 Å². The van der Waals surface area contributed by atoms with Crippen LogP contribution in [0, 0.1) is 5.82 Å². The number of carboxylic acid groups (broad SMARTS) is 1. The van der Waals surface area contributed by atoms with Gasteiger partial charge in [-0.2, -0.15) is 5.10 Å². The molecule has 3 rings (SSSR count). The summed E-state index contributed by atoms with van der Waals surface area (Å²) in [6, 6.07) is 12.6. The van der Waals surface area contributed by atoms with E-state index in [0.29, 0.717) is 16.9 Å². The maximum Gasteiger partial charge on any atom is 0.354 e. The van der Waals surface area contributed by atoms with Crippen molar-refractivity contribution in [2.75, 3.05) is 6.26 Å². The van der Waals surface area contributed by atoms with Crippen LogP contribution in [0.2, 0.25) is 0 Å². The molecular weight excluding hydrogens is 347 g/mol. The van der Waals surface area contributed by atoms with Crippen LogP contribution in [-0.4, -0.2) is 35.5 Å². The summed E-state index contributed by atoms with van der Waals surface area (Å²) in [5, 5.41) is 13.6. The predicted molar refractivity (Wildman–Crippen MR) is 89.0 cm³/mol. The maximum atomic E-state index is 13.1. The maximum absolute atomic E-state index is 13.1. The first-order valence-electron chi connectivity index (χ1n) is 7.15. The number of carbonyl (C=O) groups is 1. The summed E-state index contributed by atoms with van der Waals surface area (Å²) in [6.45, 7) is 0. The Labute approximate surface area is 143 Å². The molecule has 0 fully saturated rings. The molecule has 8 heteroatoms. The summed E-state index contributed by atoms with van der Waals surface area (Å²) in [6.07, 6.45) is 1.10. The molecule has 0 atom stereocenters. The van der Waals surface area contributed by atoms with E-state index in [9.17, 15) is 22.7 Å². The van der Waals surface area contributed by atoms with Crippen LogP contribution in [0.4, 0.5) is 4.39 Å². The Morgan fingerprint density at radius 1 is 1.08 bits per heavy atom. The van der Waals surface area contributed by atoms with Gasteiger partial charge in [0.2, 0.25) is 0 Å². The third kappa shape index (κ3) is 3.43. The fraction of sp³-hybridized carbons (Fsp3) is 0.0588. The Balaban J connectivity index is 2.08. The van der Waals surface area contributed by atoms with Crippen LogP contribution in [0.1, 0.15) is 10.5 Å². The molecule has 0 bridgehead atoms. The number of hydrogen-bond acceptors (Lipinski definition) is 4. The minimum Gasteiger partial charge on any atom is -0.477 e. The molecule has 3 aromatic rings. The van der Waals surface area contributed by atoms with E-state index in [2.05, 4.69) is 5.10 Å². The van der Waals surface area contributed by atoms with Gasteiger partial charge in [-0.3, -0.25) is 0 Å². The van der Waals surface area contributed by atoms with Crippen molar-refractivity contribution in [3.8, 4) is 16.9 Å². The van der Waals surface area contributed by atoms with Crippen molar-refractivity contribution >= 4 is 15.8 Å². The SMILES string of the molecule is CS(=O)(=O)c1ccc(-c2cc(C(=O)O)n(-c3ccc(F)cc3)n2)cc1. The van der Waals surface area contributed by atoms with Crippen molar-refractivity contribution in [1.29, 1.82) is 0 Å². The van der Waals surface area contributed by atoms with E-state index in [1.165, 1.54) is 47.1 Å². The Hall–Kier alpha value is -3.00. The Morgan fingerprint density at radius 2 is 1.68 bits per heavy atom. The molecule has 0 aliphatic carbocycles. The topological polar surface area (TPSA) is 89.3 Å². The van der Waals surface area contributed by atoms with E-state index in [1.807, 2.05) is 0 Å². The van der Waals surface area contributed by atoms with Gasteiger partial charge in [0.15, 0.2) is 15.5 Å². The standard InChI is InChI=1S/C17H13FN2O4S/c1-25(23,24)14-8-2-11(3-9-14)15-10-16(17(21)22)20(19-15)13-6-4-12(18)5-7-13/h2-10H,1H3,(H,21,22). The number of benzene rings is 2. The van der Waals surface area contributed by atoms with Gasteiger partial charge in [-0.25, -0.2) is 22.3 Å². The van der Waals surface area contributed by atoms with Crippen LogP contribution in [0.25, 0.3) is 16.9 Å². The first kappa shape index (κ1) is 16.8. The zero-order valence-electron chi connectivity index (χ0n) is 13.0. The molecule has 1 N–H and O–H groups in total. The molecule has 0 radical (unpaired) electrons. The Kier molecular flexibility index (Phi) is 4.13. The molecule has 0 amide bonds. The highest BCUT2D eigenvalue weighted by Gasteiger charge is 2.17. The second-order valence-corrected chi connectivity index (χ2v) is 7.42. The number of rotatable bonds is 4. The lowest BCUT2D eigenvalue weighted by Gasteiger charge is -2.04. The van der Waals surface area contributed by atoms with Crippen LogP contribution in [0.3, 0.4) is 0 Å². The molecule has 0 spiro atoms. The van der Waals surface area contributed by atoms with Crippen molar-refractivity contribution in [2.24, 2.45) is 0 Å². The summed E-state index contributed by atoms with van der Waals surface area (Å²) >= 11 is 0. The van der Waals surface area contributed by atoms with Gasteiger partial charge >= 0.3 is 5.97 Å². The number of hydrogen-bond donors (Lipinski definition) is 1. The molecule has 0 saturated heterocycles. The van der Waals surface area contributed by atoms with E-state index in [-0.39, 0.29) is 10.6 Å². The fourth-order valence-corrected chi connectivity index (χ4v) is 2.96. The van der Waals surface area contributed by atoms with Crippen molar-refractivity contribution in [3.63, 3.8) is 0 Å². The molecule has 2 aromatic carbocycles. The number of halogens is 1. The number of nitrogens with zero attached hydrogens (tertiary/aromatic N) is 2. The van der Waals surface area contributed by atoms with Gasteiger partial charge in [0.25, 0.3) is 0 Å². The van der Waals surface area contributed by atoms with Gasteiger partial charge in [0, 0.05) is 11.8 Å². The van der Waals surface area contributed by atoms with Gasteiger partial charge in [0.05, 0.1) is 16.3 Å². The molecular formula is C17H13FN2O4S. The van der Waals surface area contributed by atoms with Gasteiger partial charge in [-0.1, -0.05) is 12.1 Å². The summed E-state index contributed by atoms with van der Waals surface area (Å²) < 4.78 is 37.3. The summed E-state index contributed by atoms with van der Waals surface area (Å²) in [5.41, 5.74) is 1.24. The second kappa shape index (κ2) is 6.14. The second-order valence-electron chi connectivity index (χ2n) is 5.40. The van der Waals surface area contributed by atoms with Gasteiger partial charge < -0.3 is 5.11 Å². The van der Waals surface area contributed by atoms with Gasteiger partial charge in [-0.05, 0) is 42.5 Å². The summed E-state index contributed by atoms with van der Waals surface area (Å²) in [7, 11) is -3.32. The molecule has 0 unspecified atom stereocenters. The number of aromatic nitrogens is 2. The lowest BCUT2D eigenvalue weighted by atomic mass is 10.1.